The fourth-order valence-corrected chi connectivity index (χ4v) is 5.73. The zero-order valence-electron chi connectivity index (χ0n) is 22.6. The Kier molecular flexibility index (Phi) is 18.2. The van der Waals surface area contributed by atoms with Crippen LogP contribution in [0.15, 0.2) is 0 Å². The molecular formula is C30H61N. The summed E-state index contributed by atoms with van der Waals surface area (Å²) < 4.78 is 0. The summed E-state index contributed by atoms with van der Waals surface area (Å²) in [5.41, 5.74) is 0. The predicted octanol–water partition coefficient (Wildman–Crippen LogP) is 10.0. The molecule has 31 heavy (non-hydrogen) atoms. The first kappa shape index (κ1) is 29.0. The first-order valence-corrected chi connectivity index (χ1v) is 14.8. The molecule has 186 valence electrons. The Morgan fingerprint density at radius 1 is 0.613 bits per heavy atom. The van der Waals surface area contributed by atoms with E-state index in [4.69, 9.17) is 0 Å². The van der Waals surface area contributed by atoms with Crippen LogP contribution < -0.4 is 0 Å². The average molecular weight is 436 g/mol. The van der Waals surface area contributed by atoms with Gasteiger partial charge in [-0.05, 0) is 51.1 Å². The van der Waals surface area contributed by atoms with Gasteiger partial charge in [-0.15, -0.1) is 0 Å². The van der Waals surface area contributed by atoms with Gasteiger partial charge in [0.15, 0.2) is 0 Å². The van der Waals surface area contributed by atoms with Crippen LogP contribution in [0.4, 0.5) is 0 Å². The van der Waals surface area contributed by atoms with E-state index in [1.807, 2.05) is 0 Å². The van der Waals surface area contributed by atoms with E-state index >= 15 is 0 Å². The summed E-state index contributed by atoms with van der Waals surface area (Å²) in [6.07, 6.45) is 30.6. The van der Waals surface area contributed by atoms with Crippen LogP contribution in [0, 0.1) is 17.8 Å². The van der Waals surface area contributed by atoms with E-state index in [9.17, 15) is 0 Å². The molecule has 0 bridgehead atoms. The molecule has 4 atom stereocenters. The first-order chi connectivity index (χ1) is 15.1. The van der Waals surface area contributed by atoms with Crippen LogP contribution in [0.5, 0.6) is 0 Å². The normalized spacial score (nSPS) is 20.3. The summed E-state index contributed by atoms with van der Waals surface area (Å²) in [6.45, 7) is 7.17. The van der Waals surface area contributed by atoms with Crippen LogP contribution in [0.25, 0.3) is 0 Å². The fraction of sp³-hybridized carbons (Fsp3) is 1.00. The second kappa shape index (κ2) is 19.4. The summed E-state index contributed by atoms with van der Waals surface area (Å²) in [5.74, 6) is 3.14. The summed E-state index contributed by atoms with van der Waals surface area (Å²) >= 11 is 0. The third kappa shape index (κ3) is 15.4. The lowest BCUT2D eigenvalue weighted by molar-refractivity contribution is 0.246. The molecule has 1 aliphatic carbocycles. The maximum atomic E-state index is 2.55. The summed E-state index contributed by atoms with van der Waals surface area (Å²) in [5, 5.41) is 0. The van der Waals surface area contributed by atoms with Gasteiger partial charge < -0.3 is 4.90 Å². The molecule has 1 fully saturated rings. The monoisotopic (exact) mass is 435 g/mol. The van der Waals surface area contributed by atoms with E-state index in [1.54, 1.807) is 6.42 Å². The molecule has 0 radical (unpaired) electrons. The lowest BCUT2D eigenvalue weighted by Crippen LogP contribution is -2.28. The van der Waals surface area contributed by atoms with Crippen molar-refractivity contribution in [2.24, 2.45) is 17.8 Å². The Bertz CT molecular complexity index is 377. The minimum Gasteiger partial charge on any atom is -0.306 e. The van der Waals surface area contributed by atoms with Crippen molar-refractivity contribution in [3.63, 3.8) is 0 Å². The second-order valence-corrected chi connectivity index (χ2v) is 11.4. The molecule has 0 aliphatic heterocycles. The molecule has 0 amide bonds. The maximum Gasteiger partial charge on any atom is 0.00891 e. The Labute approximate surface area is 198 Å². The smallest absolute Gasteiger partial charge is 0.00891 e. The largest absolute Gasteiger partial charge is 0.306 e. The number of hydrogen-bond donors (Lipinski definition) is 0. The molecule has 0 saturated heterocycles. The minimum absolute atomic E-state index is 0.815. The molecular weight excluding hydrogens is 374 g/mol. The van der Waals surface area contributed by atoms with Gasteiger partial charge in [0.1, 0.15) is 0 Å². The zero-order chi connectivity index (χ0) is 22.7. The van der Waals surface area contributed by atoms with Gasteiger partial charge in [0.2, 0.25) is 0 Å². The molecule has 1 aliphatic rings. The van der Waals surface area contributed by atoms with Crippen molar-refractivity contribution >= 4 is 0 Å². The lowest BCUT2D eigenvalue weighted by atomic mass is 9.93. The molecule has 0 aromatic rings. The van der Waals surface area contributed by atoms with Crippen LogP contribution in [0.1, 0.15) is 156 Å². The van der Waals surface area contributed by atoms with E-state index in [2.05, 4.69) is 39.8 Å². The van der Waals surface area contributed by atoms with E-state index in [0.717, 1.165) is 23.8 Å². The molecule has 0 spiro atoms. The summed E-state index contributed by atoms with van der Waals surface area (Å²) in [7, 11) is 4.60. The molecule has 1 nitrogen and oxygen atoms in total. The Morgan fingerprint density at radius 3 is 1.65 bits per heavy atom. The average Bonchev–Trinajstić information content (AvgIpc) is 3.53. The van der Waals surface area contributed by atoms with Gasteiger partial charge in [-0.25, -0.2) is 0 Å². The summed E-state index contributed by atoms with van der Waals surface area (Å²) in [6, 6.07) is 0.815. The van der Waals surface area contributed by atoms with Crippen molar-refractivity contribution in [2.45, 2.75) is 162 Å². The quantitative estimate of drug-likeness (QED) is 0.144. The fourth-order valence-electron chi connectivity index (χ4n) is 5.73. The second-order valence-electron chi connectivity index (χ2n) is 11.4. The molecule has 0 aromatic carbocycles. The van der Waals surface area contributed by atoms with Gasteiger partial charge in [-0.3, -0.25) is 0 Å². The van der Waals surface area contributed by atoms with Gasteiger partial charge >= 0.3 is 0 Å². The lowest BCUT2D eigenvalue weighted by Gasteiger charge is -2.25. The van der Waals surface area contributed by atoms with E-state index in [1.165, 1.54) is 128 Å². The zero-order valence-corrected chi connectivity index (χ0v) is 22.6. The highest BCUT2D eigenvalue weighted by Gasteiger charge is 2.39. The van der Waals surface area contributed by atoms with Crippen LogP contribution in [0.3, 0.4) is 0 Å². The van der Waals surface area contributed by atoms with E-state index in [-0.39, 0.29) is 0 Å². The highest BCUT2D eigenvalue weighted by Crippen LogP contribution is 2.48. The molecule has 0 N–H and O–H groups in total. The highest BCUT2D eigenvalue weighted by atomic mass is 15.1. The van der Waals surface area contributed by atoms with Crippen molar-refractivity contribution in [1.82, 2.24) is 4.90 Å². The van der Waals surface area contributed by atoms with E-state index in [0.29, 0.717) is 0 Å². The van der Waals surface area contributed by atoms with Gasteiger partial charge in [-0.1, -0.05) is 136 Å². The Balaban J connectivity index is 2.00. The van der Waals surface area contributed by atoms with Crippen LogP contribution in [0.2, 0.25) is 0 Å². The van der Waals surface area contributed by atoms with Gasteiger partial charge in [0, 0.05) is 6.04 Å². The molecule has 1 rings (SSSR count). The van der Waals surface area contributed by atoms with Crippen LogP contribution >= 0.6 is 0 Å². The van der Waals surface area contributed by atoms with Crippen molar-refractivity contribution < 1.29 is 0 Å². The topological polar surface area (TPSA) is 3.24 Å². The van der Waals surface area contributed by atoms with E-state index < -0.39 is 0 Å². The third-order valence-electron chi connectivity index (χ3n) is 8.20. The molecule has 1 saturated carbocycles. The molecule has 0 heterocycles. The van der Waals surface area contributed by atoms with Crippen molar-refractivity contribution in [1.29, 1.82) is 0 Å². The SMILES string of the molecule is CCCCCCCCCC[C@@H]1C[C@H]1C(C)CCCC(CCCCCCCCC)N(C)C. The van der Waals surface area contributed by atoms with Crippen LogP contribution in [-0.2, 0) is 0 Å². The number of rotatable bonds is 23. The van der Waals surface area contributed by atoms with Gasteiger partial charge in [0.25, 0.3) is 0 Å². The number of unbranched alkanes of at least 4 members (excludes halogenated alkanes) is 13. The first-order valence-electron chi connectivity index (χ1n) is 14.8. The summed E-state index contributed by atoms with van der Waals surface area (Å²) in [4.78, 5) is 2.50. The Hall–Kier alpha value is -0.0400. The molecule has 2 unspecified atom stereocenters. The van der Waals surface area contributed by atoms with Crippen LogP contribution in [-0.4, -0.2) is 25.0 Å². The third-order valence-corrected chi connectivity index (χ3v) is 8.20. The van der Waals surface area contributed by atoms with Crippen molar-refractivity contribution in [3.05, 3.63) is 0 Å². The van der Waals surface area contributed by atoms with Gasteiger partial charge in [-0.2, -0.15) is 0 Å². The number of hydrogen-bond acceptors (Lipinski definition) is 1. The number of nitrogens with zero attached hydrogens (tertiary/aromatic N) is 1. The van der Waals surface area contributed by atoms with Crippen molar-refractivity contribution in [3.8, 4) is 0 Å². The minimum atomic E-state index is 0.815. The maximum absolute atomic E-state index is 2.55. The van der Waals surface area contributed by atoms with Gasteiger partial charge in [0.05, 0.1) is 0 Å². The molecule has 1 heteroatoms. The standard InChI is InChI=1S/C30H61N/c1-6-8-10-12-14-16-17-19-23-28-26-30(28)27(3)22-21-25-29(31(4)5)24-20-18-15-13-11-9-7-2/h27-30H,6-26H2,1-5H3/t27?,28-,29?,30+/m1/s1. The highest BCUT2D eigenvalue weighted by molar-refractivity contribution is 4.89. The Morgan fingerprint density at radius 2 is 1.10 bits per heavy atom. The van der Waals surface area contributed by atoms with Crippen molar-refractivity contribution in [2.75, 3.05) is 14.1 Å². The predicted molar refractivity (Wildman–Crippen MR) is 142 cm³/mol. The molecule has 0 aromatic heterocycles.